The van der Waals surface area contributed by atoms with E-state index in [0.29, 0.717) is 12.2 Å². The van der Waals surface area contributed by atoms with Gasteiger partial charge in [-0.25, -0.2) is 4.85 Å². The summed E-state index contributed by atoms with van der Waals surface area (Å²) in [5, 5.41) is 0.800. The SMILES string of the molecule is [C-]#[N+]c1cccc(N2CCN(C(=O)c3cc(CN4CCN(c5ccccc5Cl)CC4)cn3C)[C@@H](C)C2)c1. The van der Waals surface area contributed by atoms with E-state index in [1.165, 1.54) is 5.56 Å². The van der Waals surface area contributed by atoms with Crippen LogP contribution in [0.1, 0.15) is 23.0 Å². The molecule has 8 heteroatoms. The first-order valence-electron chi connectivity index (χ1n) is 12.8. The lowest BCUT2D eigenvalue weighted by molar-refractivity contribution is 0.0664. The van der Waals surface area contributed by atoms with Crippen LogP contribution < -0.4 is 9.80 Å². The number of halogens is 1. The number of anilines is 2. The van der Waals surface area contributed by atoms with Gasteiger partial charge in [-0.15, -0.1) is 0 Å². The topological polar surface area (TPSA) is 39.3 Å². The summed E-state index contributed by atoms with van der Waals surface area (Å²) < 4.78 is 1.97. The molecule has 0 aliphatic carbocycles. The van der Waals surface area contributed by atoms with Crippen LogP contribution in [0, 0.1) is 6.57 Å². The highest BCUT2D eigenvalue weighted by Crippen LogP contribution is 2.27. The van der Waals surface area contributed by atoms with Gasteiger partial charge in [0.1, 0.15) is 5.69 Å². The highest BCUT2D eigenvalue weighted by atomic mass is 35.5. The fourth-order valence-electron chi connectivity index (χ4n) is 5.45. The minimum Gasteiger partial charge on any atom is -0.369 e. The first-order chi connectivity index (χ1) is 17.9. The first-order valence-corrected chi connectivity index (χ1v) is 13.2. The molecule has 0 unspecified atom stereocenters. The number of benzene rings is 2. The van der Waals surface area contributed by atoms with Gasteiger partial charge in [-0.05, 0) is 42.8 Å². The second-order valence-electron chi connectivity index (χ2n) is 9.98. The van der Waals surface area contributed by atoms with Crippen molar-refractivity contribution in [1.29, 1.82) is 0 Å². The van der Waals surface area contributed by atoms with E-state index in [2.05, 4.69) is 44.8 Å². The van der Waals surface area contributed by atoms with Crippen molar-refractivity contribution < 1.29 is 4.79 Å². The molecule has 0 N–H and O–H groups in total. The Balaban J connectivity index is 1.19. The van der Waals surface area contributed by atoms with Crippen LogP contribution in [0.3, 0.4) is 0 Å². The van der Waals surface area contributed by atoms with Crippen molar-refractivity contribution in [3.05, 3.63) is 88.5 Å². The average molecular weight is 517 g/mol. The van der Waals surface area contributed by atoms with Gasteiger partial charge in [0.25, 0.3) is 5.91 Å². The summed E-state index contributed by atoms with van der Waals surface area (Å²) in [4.78, 5) is 26.1. The zero-order chi connectivity index (χ0) is 25.9. The number of carbonyl (C=O) groups is 1. The number of amides is 1. The first kappa shape index (κ1) is 25.2. The Bertz CT molecular complexity index is 1310. The molecule has 2 fully saturated rings. The van der Waals surface area contributed by atoms with Crippen molar-refractivity contribution in [3.8, 4) is 0 Å². The van der Waals surface area contributed by atoms with Gasteiger partial charge in [0, 0.05) is 77.3 Å². The third-order valence-electron chi connectivity index (χ3n) is 7.46. The maximum atomic E-state index is 13.5. The van der Waals surface area contributed by atoms with Crippen LogP contribution in [-0.4, -0.2) is 72.1 Å². The number of hydrogen-bond acceptors (Lipinski definition) is 4. The molecule has 1 aromatic heterocycles. The van der Waals surface area contributed by atoms with Crippen molar-refractivity contribution in [1.82, 2.24) is 14.4 Å². The molecule has 5 rings (SSSR count). The fraction of sp³-hybridized carbons (Fsp3) is 0.379. The molecule has 2 saturated heterocycles. The van der Waals surface area contributed by atoms with E-state index in [4.69, 9.17) is 18.2 Å². The minimum absolute atomic E-state index is 0.0779. The Morgan fingerprint density at radius 2 is 1.76 bits per heavy atom. The van der Waals surface area contributed by atoms with Gasteiger partial charge in [0.05, 0.1) is 17.3 Å². The van der Waals surface area contributed by atoms with Crippen LogP contribution in [-0.2, 0) is 13.6 Å². The quantitative estimate of drug-likeness (QED) is 0.452. The highest BCUT2D eigenvalue weighted by Gasteiger charge is 2.30. The number of aryl methyl sites for hydroxylation is 1. The van der Waals surface area contributed by atoms with Crippen LogP contribution in [0.2, 0.25) is 5.02 Å². The summed E-state index contributed by atoms with van der Waals surface area (Å²) in [7, 11) is 1.96. The van der Waals surface area contributed by atoms with E-state index in [9.17, 15) is 4.79 Å². The fourth-order valence-corrected chi connectivity index (χ4v) is 5.70. The van der Waals surface area contributed by atoms with E-state index >= 15 is 0 Å². The van der Waals surface area contributed by atoms with Gasteiger partial charge >= 0.3 is 0 Å². The molecule has 37 heavy (non-hydrogen) atoms. The molecule has 3 aromatic rings. The predicted molar refractivity (Wildman–Crippen MR) is 150 cm³/mol. The Morgan fingerprint density at radius 3 is 2.49 bits per heavy atom. The second kappa shape index (κ2) is 10.9. The van der Waals surface area contributed by atoms with Crippen LogP contribution in [0.15, 0.2) is 60.8 Å². The largest absolute Gasteiger partial charge is 0.369 e. The number of aromatic nitrogens is 1. The summed E-state index contributed by atoms with van der Waals surface area (Å²) >= 11 is 6.39. The number of para-hydroxylation sites is 1. The smallest absolute Gasteiger partial charge is 0.270 e. The molecule has 7 nitrogen and oxygen atoms in total. The van der Waals surface area contributed by atoms with Gasteiger partial charge < -0.3 is 19.3 Å². The molecule has 3 heterocycles. The molecular formula is C29H33ClN6O. The zero-order valence-corrected chi connectivity index (χ0v) is 22.2. The highest BCUT2D eigenvalue weighted by molar-refractivity contribution is 6.33. The molecule has 0 saturated carbocycles. The minimum atomic E-state index is 0.0779. The van der Waals surface area contributed by atoms with Crippen LogP contribution >= 0.6 is 11.6 Å². The molecular weight excluding hydrogens is 484 g/mol. The maximum absolute atomic E-state index is 13.5. The van der Waals surface area contributed by atoms with E-state index in [0.717, 1.165) is 67.9 Å². The molecule has 2 aliphatic heterocycles. The summed E-state index contributed by atoms with van der Waals surface area (Å²) in [6.07, 6.45) is 2.09. The molecule has 192 valence electrons. The molecule has 1 atom stereocenters. The van der Waals surface area contributed by atoms with Crippen molar-refractivity contribution >= 4 is 34.6 Å². The Morgan fingerprint density at radius 1 is 1.00 bits per heavy atom. The lowest BCUT2D eigenvalue weighted by Crippen LogP contribution is -2.54. The normalized spacial score (nSPS) is 18.6. The second-order valence-corrected chi connectivity index (χ2v) is 10.4. The molecule has 1 amide bonds. The number of hydrogen-bond donors (Lipinski definition) is 0. The number of rotatable bonds is 5. The summed E-state index contributed by atoms with van der Waals surface area (Å²) in [5.41, 5.74) is 4.69. The summed E-state index contributed by atoms with van der Waals surface area (Å²) in [6.45, 7) is 16.2. The van der Waals surface area contributed by atoms with E-state index in [1.54, 1.807) is 0 Å². The third-order valence-corrected chi connectivity index (χ3v) is 7.78. The lowest BCUT2D eigenvalue weighted by Gasteiger charge is -2.41. The summed E-state index contributed by atoms with van der Waals surface area (Å²) in [6, 6.07) is 17.9. The van der Waals surface area contributed by atoms with Crippen molar-refractivity contribution in [3.63, 3.8) is 0 Å². The molecule has 0 spiro atoms. The maximum Gasteiger partial charge on any atom is 0.270 e. The third kappa shape index (κ3) is 5.46. The van der Waals surface area contributed by atoms with Gasteiger partial charge in [-0.2, -0.15) is 0 Å². The van der Waals surface area contributed by atoms with Crippen LogP contribution in [0.4, 0.5) is 17.1 Å². The van der Waals surface area contributed by atoms with Crippen molar-refractivity contribution in [2.45, 2.75) is 19.5 Å². The average Bonchev–Trinajstić information content (AvgIpc) is 3.28. The van der Waals surface area contributed by atoms with Gasteiger partial charge in [0.2, 0.25) is 0 Å². The predicted octanol–water partition coefficient (Wildman–Crippen LogP) is 4.90. The Hall–Kier alpha value is -3.47. The number of carbonyl (C=O) groups excluding carboxylic acids is 1. The standard InChI is InChI=1S/C29H33ClN6O/c1-22-19-35(25-8-6-7-24(18-25)31-2)15-16-36(22)29(37)28-17-23(20-32(28)3)21-33-11-13-34(14-12-33)27-10-5-4-9-26(27)30/h4-10,17-18,20,22H,11-16,19,21H2,1,3H3/t22-/m0/s1. The van der Waals surface area contributed by atoms with E-state index in [-0.39, 0.29) is 11.9 Å². The van der Waals surface area contributed by atoms with Gasteiger partial charge in [-0.1, -0.05) is 35.9 Å². The van der Waals surface area contributed by atoms with Crippen LogP contribution in [0.5, 0.6) is 0 Å². The Labute approximate surface area is 224 Å². The van der Waals surface area contributed by atoms with Crippen molar-refractivity contribution in [2.75, 3.05) is 55.6 Å². The van der Waals surface area contributed by atoms with E-state index in [1.807, 2.05) is 59.0 Å². The zero-order valence-electron chi connectivity index (χ0n) is 21.5. The number of nitrogens with zero attached hydrogens (tertiary/aromatic N) is 6. The van der Waals surface area contributed by atoms with Crippen molar-refractivity contribution in [2.24, 2.45) is 7.05 Å². The van der Waals surface area contributed by atoms with Gasteiger partial charge in [0.15, 0.2) is 5.69 Å². The molecule has 2 aromatic carbocycles. The van der Waals surface area contributed by atoms with E-state index < -0.39 is 0 Å². The van der Waals surface area contributed by atoms with Gasteiger partial charge in [-0.3, -0.25) is 9.69 Å². The lowest BCUT2D eigenvalue weighted by atomic mass is 10.1. The molecule has 0 radical (unpaired) electrons. The number of piperazine rings is 2. The summed E-state index contributed by atoms with van der Waals surface area (Å²) in [5.74, 6) is 0.0827. The molecule has 0 bridgehead atoms. The van der Waals surface area contributed by atoms with Crippen LogP contribution in [0.25, 0.3) is 4.85 Å². The Kier molecular flexibility index (Phi) is 7.40. The molecule has 2 aliphatic rings. The monoisotopic (exact) mass is 516 g/mol.